The topological polar surface area (TPSA) is 51.8 Å². The largest absolute Gasteiger partial charge is 0.318 e. The van der Waals surface area contributed by atoms with Crippen LogP contribution < -0.4 is 5.73 Å². The number of rotatable bonds is 2. The van der Waals surface area contributed by atoms with Gasteiger partial charge >= 0.3 is 0 Å². The molecule has 0 bridgehead atoms. The summed E-state index contributed by atoms with van der Waals surface area (Å²) < 4.78 is 0. The summed E-state index contributed by atoms with van der Waals surface area (Å²) in [4.78, 5) is 8.56. The fourth-order valence-electron chi connectivity index (χ4n) is 1.90. The molecule has 2 rings (SSSR count). The lowest BCUT2D eigenvalue weighted by Crippen LogP contribution is -2.15. The van der Waals surface area contributed by atoms with Crippen molar-refractivity contribution in [2.24, 2.45) is 5.73 Å². The van der Waals surface area contributed by atoms with Crippen LogP contribution in [0.15, 0.2) is 30.6 Å². The Morgan fingerprint density at radius 1 is 0.882 bits per heavy atom. The smallest absolute Gasteiger partial charge is 0.149 e. The van der Waals surface area contributed by atoms with Gasteiger partial charge in [-0.1, -0.05) is 29.3 Å². The Hall–Kier alpha value is -1.74. The van der Waals surface area contributed by atoms with Gasteiger partial charge in [0.15, 0.2) is 0 Å². The molecule has 1 heterocycles. The van der Waals surface area contributed by atoms with Gasteiger partial charge in [0, 0.05) is 12.4 Å². The number of aromatic nitrogens is 2. The van der Waals surface area contributed by atoms with Crippen LogP contribution in [0.4, 0.5) is 0 Å². The summed E-state index contributed by atoms with van der Waals surface area (Å²) >= 11 is 0. The van der Waals surface area contributed by atoms with Crippen molar-refractivity contribution in [3.05, 3.63) is 58.7 Å². The molecule has 0 saturated heterocycles. The predicted octanol–water partition coefficient (Wildman–Crippen LogP) is 2.45. The van der Waals surface area contributed by atoms with Crippen molar-refractivity contribution in [1.29, 1.82) is 0 Å². The van der Waals surface area contributed by atoms with Gasteiger partial charge in [-0.15, -0.1) is 0 Å². The van der Waals surface area contributed by atoms with Gasteiger partial charge < -0.3 is 5.73 Å². The maximum atomic E-state index is 6.18. The first-order chi connectivity index (χ1) is 8.06. The number of hydrogen-bond acceptors (Lipinski definition) is 3. The molecule has 1 aromatic carbocycles. The molecular formula is C14H17N3. The van der Waals surface area contributed by atoms with Gasteiger partial charge in [0.05, 0.1) is 6.04 Å². The minimum Gasteiger partial charge on any atom is -0.318 e. The van der Waals surface area contributed by atoms with Gasteiger partial charge in [-0.2, -0.15) is 0 Å². The second-order valence-corrected chi connectivity index (χ2v) is 4.52. The van der Waals surface area contributed by atoms with Crippen molar-refractivity contribution in [2.45, 2.75) is 26.8 Å². The van der Waals surface area contributed by atoms with Gasteiger partial charge in [-0.05, 0) is 31.9 Å². The highest BCUT2D eigenvalue weighted by Crippen LogP contribution is 2.19. The lowest BCUT2D eigenvalue weighted by molar-refractivity contribution is 0.775. The predicted molar refractivity (Wildman–Crippen MR) is 68.7 cm³/mol. The summed E-state index contributed by atoms with van der Waals surface area (Å²) in [6.07, 6.45) is 3.59. The Morgan fingerprint density at radius 3 is 1.94 bits per heavy atom. The summed E-state index contributed by atoms with van der Waals surface area (Å²) in [7, 11) is 0. The Bertz CT molecular complexity index is 497. The maximum Gasteiger partial charge on any atom is 0.149 e. The minimum atomic E-state index is -0.255. The van der Waals surface area contributed by atoms with Gasteiger partial charge in [-0.3, -0.25) is 0 Å². The lowest BCUT2D eigenvalue weighted by atomic mass is 10.0. The Kier molecular flexibility index (Phi) is 3.20. The van der Waals surface area contributed by atoms with Crippen LogP contribution in [0.1, 0.15) is 34.1 Å². The number of nitrogens with two attached hydrogens (primary N) is 1. The lowest BCUT2D eigenvalue weighted by Gasteiger charge is -2.12. The molecule has 3 nitrogen and oxygen atoms in total. The molecule has 0 radical (unpaired) electrons. The van der Waals surface area contributed by atoms with Crippen molar-refractivity contribution in [2.75, 3.05) is 0 Å². The molecule has 0 aliphatic heterocycles. The Balaban J connectivity index is 2.36. The highest BCUT2D eigenvalue weighted by molar-refractivity contribution is 5.33. The molecule has 0 aliphatic rings. The molecular weight excluding hydrogens is 210 g/mol. The molecule has 1 atom stereocenters. The van der Waals surface area contributed by atoms with E-state index in [1.807, 2.05) is 6.92 Å². The second kappa shape index (κ2) is 4.63. The minimum absolute atomic E-state index is 0.255. The SMILES string of the molecule is Cc1cnc(C(N)c2cc(C)cc(C)c2)nc1. The van der Waals surface area contributed by atoms with Crippen LogP contribution in [0.25, 0.3) is 0 Å². The molecule has 2 aromatic rings. The van der Waals surface area contributed by atoms with E-state index in [0.717, 1.165) is 11.1 Å². The number of aryl methyl sites for hydroxylation is 3. The van der Waals surface area contributed by atoms with Gasteiger partial charge in [0.1, 0.15) is 5.82 Å². The molecule has 0 amide bonds. The molecule has 17 heavy (non-hydrogen) atoms. The number of hydrogen-bond donors (Lipinski definition) is 1. The zero-order valence-corrected chi connectivity index (χ0v) is 10.4. The van der Waals surface area contributed by atoms with Crippen LogP contribution >= 0.6 is 0 Å². The highest BCUT2D eigenvalue weighted by atomic mass is 14.9. The summed E-state index contributed by atoms with van der Waals surface area (Å²) in [5.74, 6) is 0.667. The van der Waals surface area contributed by atoms with Crippen LogP contribution in [-0.2, 0) is 0 Å². The third-order valence-electron chi connectivity index (χ3n) is 2.68. The van der Waals surface area contributed by atoms with Crippen LogP contribution in [-0.4, -0.2) is 9.97 Å². The fourth-order valence-corrected chi connectivity index (χ4v) is 1.90. The monoisotopic (exact) mass is 227 g/mol. The van der Waals surface area contributed by atoms with Gasteiger partial charge in [0.25, 0.3) is 0 Å². The van der Waals surface area contributed by atoms with Crippen LogP contribution in [0.2, 0.25) is 0 Å². The molecule has 0 fully saturated rings. The van der Waals surface area contributed by atoms with E-state index in [-0.39, 0.29) is 6.04 Å². The van der Waals surface area contributed by atoms with E-state index in [1.54, 1.807) is 12.4 Å². The highest BCUT2D eigenvalue weighted by Gasteiger charge is 2.12. The average Bonchev–Trinajstić information content (AvgIpc) is 2.28. The number of nitrogens with zero attached hydrogens (tertiary/aromatic N) is 2. The third-order valence-corrected chi connectivity index (χ3v) is 2.68. The third kappa shape index (κ3) is 2.68. The number of benzene rings is 1. The second-order valence-electron chi connectivity index (χ2n) is 4.52. The quantitative estimate of drug-likeness (QED) is 0.857. The molecule has 0 saturated carbocycles. The normalized spacial score (nSPS) is 12.5. The molecule has 0 aliphatic carbocycles. The standard InChI is InChI=1S/C14H17N3/c1-9-4-10(2)6-12(5-9)13(15)14-16-7-11(3)8-17-14/h4-8,13H,15H2,1-3H3. The first-order valence-electron chi connectivity index (χ1n) is 5.68. The van der Waals surface area contributed by atoms with Crippen molar-refractivity contribution >= 4 is 0 Å². The van der Waals surface area contributed by atoms with Crippen molar-refractivity contribution in [3.63, 3.8) is 0 Å². The summed E-state index contributed by atoms with van der Waals surface area (Å²) in [5, 5.41) is 0. The van der Waals surface area contributed by atoms with Crippen molar-refractivity contribution in [3.8, 4) is 0 Å². The van der Waals surface area contributed by atoms with Gasteiger partial charge in [-0.25, -0.2) is 9.97 Å². The Labute approximate surface area is 102 Å². The van der Waals surface area contributed by atoms with E-state index in [4.69, 9.17) is 5.73 Å². The summed E-state index contributed by atoms with van der Waals surface area (Å²) in [5.41, 5.74) is 10.7. The van der Waals surface area contributed by atoms with E-state index in [1.165, 1.54) is 11.1 Å². The van der Waals surface area contributed by atoms with E-state index >= 15 is 0 Å². The van der Waals surface area contributed by atoms with E-state index < -0.39 is 0 Å². The molecule has 0 spiro atoms. The summed E-state index contributed by atoms with van der Waals surface area (Å²) in [6.45, 7) is 6.10. The molecule has 2 N–H and O–H groups in total. The van der Waals surface area contributed by atoms with Crippen molar-refractivity contribution in [1.82, 2.24) is 9.97 Å². The van der Waals surface area contributed by atoms with E-state index in [9.17, 15) is 0 Å². The van der Waals surface area contributed by atoms with Crippen molar-refractivity contribution < 1.29 is 0 Å². The van der Waals surface area contributed by atoms with Crippen LogP contribution in [0.3, 0.4) is 0 Å². The van der Waals surface area contributed by atoms with E-state index in [0.29, 0.717) is 5.82 Å². The average molecular weight is 227 g/mol. The molecule has 3 heteroatoms. The van der Waals surface area contributed by atoms with Crippen LogP contribution in [0, 0.1) is 20.8 Å². The maximum absolute atomic E-state index is 6.18. The molecule has 1 unspecified atom stereocenters. The zero-order valence-electron chi connectivity index (χ0n) is 10.4. The van der Waals surface area contributed by atoms with Gasteiger partial charge in [0.2, 0.25) is 0 Å². The molecule has 88 valence electrons. The zero-order chi connectivity index (χ0) is 12.4. The van der Waals surface area contributed by atoms with E-state index in [2.05, 4.69) is 42.0 Å². The first-order valence-corrected chi connectivity index (χ1v) is 5.68. The fraction of sp³-hybridized carbons (Fsp3) is 0.286. The first kappa shape index (κ1) is 11.7. The Morgan fingerprint density at radius 2 is 1.41 bits per heavy atom. The molecule has 1 aromatic heterocycles. The summed E-state index contributed by atoms with van der Waals surface area (Å²) in [6, 6.07) is 6.04. The van der Waals surface area contributed by atoms with Crippen LogP contribution in [0.5, 0.6) is 0 Å².